The Balaban J connectivity index is 1.68. The SMILES string of the molecule is CC1CN(Cc2ccc3c(c2)OCCO3)CC1C(=O)O. The summed E-state index contributed by atoms with van der Waals surface area (Å²) in [5.41, 5.74) is 1.13. The Morgan fingerprint density at radius 1 is 1.30 bits per heavy atom. The van der Waals surface area contributed by atoms with E-state index in [-0.39, 0.29) is 11.8 Å². The lowest BCUT2D eigenvalue weighted by molar-refractivity contribution is -0.142. The fraction of sp³-hybridized carbons (Fsp3) is 0.533. The van der Waals surface area contributed by atoms with E-state index < -0.39 is 5.97 Å². The van der Waals surface area contributed by atoms with Crippen LogP contribution in [0.2, 0.25) is 0 Å². The van der Waals surface area contributed by atoms with Gasteiger partial charge in [-0.2, -0.15) is 0 Å². The molecule has 0 amide bonds. The number of rotatable bonds is 3. The summed E-state index contributed by atoms with van der Waals surface area (Å²) in [5.74, 6) is 0.827. The Bertz CT molecular complexity index is 517. The average molecular weight is 277 g/mol. The van der Waals surface area contributed by atoms with Gasteiger partial charge in [0, 0.05) is 19.6 Å². The molecule has 1 aromatic rings. The first-order valence-corrected chi connectivity index (χ1v) is 6.97. The molecule has 0 aliphatic carbocycles. The van der Waals surface area contributed by atoms with Crippen molar-refractivity contribution in [1.82, 2.24) is 4.90 Å². The lowest BCUT2D eigenvalue weighted by Crippen LogP contribution is -2.23. The summed E-state index contributed by atoms with van der Waals surface area (Å²) >= 11 is 0. The van der Waals surface area contributed by atoms with Crippen molar-refractivity contribution in [3.63, 3.8) is 0 Å². The van der Waals surface area contributed by atoms with Gasteiger partial charge in [0.1, 0.15) is 13.2 Å². The molecule has 0 bridgehead atoms. The van der Waals surface area contributed by atoms with Gasteiger partial charge in [0.2, 0.25) is 0 Å². The van der Waals surface area contributed by atoms with Crippen LogP contribution in [0.25, 0.3) is 0 Å². The van der Waals surface area contributed by atoms with E-state index in [1.807, 2.05) is 25.1 Å². The van der Waals surface area contributed by atoms with Gasteiger partial charge in [-0.25, -0.2) is 0 Å². The molecule has 1 N–H and O–H groups in total. The molecule has 0 spiro atoms. The van der Waals surface area contributed by atoms with Gasteiger partial charge < -0.3 is 14.6 Å². The first kappa shape index (κ1) is 13.2. The Labute approximate surface area is 118 Å². The molecule has 2 aliphatic heterocycles. The molecule has 2 atom stereocenters. The molecule has 1 aromatic carbocycles. The van der Waals surface area contributed by atoms with E-state index in [4.69, 9.17) is 14.6 Å². The van der Waals surface area contributed by atoms with Gasteiger partial charge in [0.15, 0.2) is 11.5 Å². The highest BCUT2D eigenvalue weighted by Crippen LogP contribution is 2.32. The molecule has 20 heavy (non-hydrogen) atoms. The highest BCUT2D eigenvalue weighted by molar-refractivity contribution is 5.71. The molecule has 0 saturated carbocycles. The molecule has 2 heterocycles. The number of carboxylic acid groups (broad SMARTS) is 1. The second kappa shape index (κ2) is 5.32. The third-order valence-electron chi connectivity index (χ3n) is 4.02. The second-order valence-corrected chi connectivity index (χ2v) is 5.59. The zero-order valence-electron chi connectivity index (χ0n) is 11.5. The number of nitrogens with zero attached hydrogens (tertiary/aromatic N) is 1. The maximum Gasteiger partial charge on any atom is 0.308 e. The first-order chi connectivity index (χ1) is 9.63. The summed E-state index contributed by atoms with van der Waals surface area (Å²) in [4.78, 5) is 13.3. The van der Waals surface area contributed by atoms with Crippen LogP contribution in [0.15, 0.2) is 18.2 Å². The number of fused-ring (bicyclic) bond motifs is 1. The maximum atomic E-state index is 11.1. The fourth-order valence-corrected chi connectivity index (χ4v) is 2.96. The number of aliphatic carboxylic acids is 1. The number of carbonyl (C=O) groups is 1. The Morgan fingerprint density at radius 3 is 2.75 bits per heavy atom. The number of ether oxygens (including phenoxy) is 2. The molecule has 1 fully saturated rings. The van der Waals surface area contributed by atoms with Gasteiger partial charge in [-0.05, 0) is 23.6 Å². The van der Waals surface area contributed by atoms with Gasteiger partial charge >= 0.3 is 5.97 Å². The maximum absolute atomic E-state index is 11.1. The predicted octanol–water partition coefficient (Wildman–Crippen LogP) is 1.61. The monoisotopic (exact) mass is 277 g/mol. The van der Waals surface area contributed by atoms with E-state index in [1.165, 1.54) is 0 Å². The Morgan fingerprint density at radius 2 is 2.05 bits per heavy atom. The van der Waals surface area contributed by atoms with Crippen molar-refractivity contribution in [2.45, 2.75) is 13.5 Å². The van der Waals surface area contributed by atoms with Crippen LogP contribution in [0.1, 0.15) is 12.5 Å². The highest BCUT2D eigenvalue weighted by Gasteiger charge is 2.34. The van der Waals surface area contributed by atoms with Crippen molar-refractivity contribution < 1.29 is 19.4 Å². The van der Waals surface area contributed by atoms with E-state index in [0.29, 0.717) is 19.8 Å². The van der Waals surface area contributed by atoms with E-state index in [9.17, 15) is 4.79 Å². The average Bonchev–Trinajstić information content (AvgIpc) is 2.79. The van der Waals surface area contributed by atoms with Gasteiger partial charge in [0.25, 0.3) is 0 Å². The second-order valence-electron chi connectivity index (χ2n) is 5.59. The van der Waals surface area contributed by atoms with Crippen LogP contribution in [-0.4, -0.2) is 42.3 Å². The Hall–Kier alpha value is -1.75. The van der Waals surface area contributed by atoms with Crippen LogP contribution < -0.4 is 9.47 Å². The molecule has 108 valence electrons. The number of likely N-dealkylation sites (tertiary alicyclic amines) is 1. The minimum Gasteiger partial charge on any atom is -0.486 e. The van der Waals surface area contributed by atoms with E-state index in [2.05, 4.69) is 4.90 Å². The van der Waals surface area contributed by atoms with Gasteiger partial charge in [-0.15, -0.1) is 0 Å². The van der Waals surface area contributed by atoms with Gasteiger partial charge in [-0.1, -0.05) is 13.0 Å². The van der Waals surface area contributed by atoms with Crippen LogP contribution in [0, 0.1) is 11.8 Å². The summed E-state index contributed by atoms with van der Waals surface area (Å²) in [6.07, 6.45) is 0. The number of carboxylic acids is 1. The van der Waals surface area contributed by atoms with Crippen molar-refractivity contribution in [1.29, 1.82) is 0 Å². The van der Waals surface area contributed by atoms with Gasteiger partial charge in [-0.3, -0.25) is 9.69 Å². The largest absolute Gasteiger partial charge is 0.486 e. The zero-order valence-corrected chi connectivity index (χ0v) is 11.5. The van der Waals surface area contributed by atoms with E-state index >= 15 is 0 Å². The van der Waals surface area contributed by atoms with Crippen LogP contribution in [-0.2, 0) is 11.3 Å². The number of hydrogen-bond acceptors (Lipinski definition) is 4. The molecule has 2 aliphatic rings. The summed E-state index contributed by atoms with van der Waals surface area (Å²) in [6.45, 7) is 5.37. The van der Waals surface area contributed by atoms with Crippen molar-refractivity contribution in [2.24, 2.45) is 11.8 Å². The van der Waals surface area contributed by atoms with Gasteiger partial charge in [0.05, 0.1) is 5.92 Å². The molecular formula is C15H19NO4. The first-order valence-electron chi connectivity index (χ1n) is 6.97. The van der Waals surface area contributed by atoms with Crippen molar-refractivity contribution in [3.8, 4) is 11.5 Å². The molecule has 0 radical (unpaired) electrons. The predicted molar refractivity (Wildman–Crippen MR) is 73.0 cm³/mol. The molecular weight excluding hydrogens is 258 g/mol. The van der Waals surface area contributed by atoms with Crippen LogP contribution in [0.5, 0.6) is 11.5 Å². The minimum absolute atomic E-state index is 0.199. The van der Waals surface area contributed by atoms with Crippen molar-refractivity contribution >= 4 is 5.97 Å². The summed E-state index contributed by atoms with van der Waals surface area (Å²) in [7, 11) is 0. The summed E-state index contributed by atoms with van der Waals surface area (Å²) in [6, 6.07) is 5.94. The third-order valence-corrected chi connectivity index (χ3v) is 4.02. The number of hydrogen-bond donors (Lipinski definition) is 1. The Kier molecular flexibility index (Phi) is 3.53. The highest BCUT2D eigenvalue weighted by atomic mass is 16.6. The fourth-order valence-electron chi connectivity index (χ4n) is 2.96. The molecule has 5 nitrogen and oxygen atoms in total. The van der Waals surface area contributed by atoms with Crippen LogP contribution in [0.4, 0.5) is 0 Å². The molecule has 5 heteroatoms. The van der Waals surface area contributed by atoms with Crippen LogP contribution >= 0.6 is 0 Å². The lowest BCUT2D eigenvalue weighted by atomic mass is 9.99. The normalized spacial score (nSPS) is 25.6. The quantitative estimate of drug-likeness (QED) is 0.909. The van der Waals surface area contributed by atoms with E-state index in [0.717, 1.165) is 30.2 Å². The van der Waals surface area contributed by atoms with E-state index in [1.54, 1.807) is 0 Å². The lowest BCUT2D eigenvalue weighted by Gasteiger charge is -2.20. The zero-order chi connectivity index (χ0) is 14.1. The molecule has 0 aromatic heterocycles. The molecule has 3 rings (SSSR count). The summed E-state index contributed by atoms with van der Waals surface area (Å²) in [5, 5.41) is 9.16. The third kappa shape index (κ3) is 2.58. The van der Waals surface area contributed by atoms with Crippen LogP contribution in [0.3, 0.4) is 0 Å². The topological polar surface area (TPSA) is 59.0 Å². The number of benzene rings is 1. The van der Waals surface area contributed by atoms with Crippen molar-refractivity contribution in [2.75, 3.05) is 26.3 Å². The van der Waals surface area contributed by atoms with Crippen molar-refractivity contribution in [3.05, 3.63) is 23.8 Å². The molecule has 1 saturated heterocycles. The minimum atomic E-state index is -0.692. The smallest absolute Gasteiger partial charge is 0.308 e. The summed E-state index contributed by atoms with van der Waals surface area (Å²) < 4.78 is 11.1. The molecule has 2 unspecified atom stereocenters. The standard InChI is InChI=1S/C15H19NO4/c1-10-7-16(9-12(10)15(17)18)8-11-2-3-13-14(6-11)20-5-4-19-13/h2-3,6,10,12H,4-5,7-9H2,1H3,(H,17,18).